The summed E-state index contributed by atoms with van der Waals surface area (Å²) in [6, 6.07) is 13.0. The third-order valence-corrected chi connectivity index (χ3v) is 5.51. The minimum absolute atomic E-state index is 0.171. The number of anilines is 1. The number of methoxy groups -OCH3 is 1. The van der Waals surface area contributed by atoms with E-state index in [9.17, 15) is 4.79 Å². The first-order chi connectivity index (χ1) is 14.5. The normalized spacial score (nSPS) is 10.8. The lowest BCUT2D eigenvalue weighted by Gasteiger charge is -2.09. The molecule has 2 heterocycles. The number of halogens is 1. The molecule has 30 heavy (non-hydrogen) atoms. The highest BCUT2D eigenvalue weighted by atomic mass is 35.5. The van der Waals surface area contributed by atoms with Crippen molar-refractivity contribution in [3.63, 3.8) is 0 Å². The molecule has 0 aliphatic heterocycles. The number of ether oxygens (including phenoxy) is 2. The largest absolute Gasteiger partial charge is 0.496 e. The summed E-state index contributed by atoms with van der Waals surface area (Å²) in [6.07, 6.45) is 1.66. The summed E-state index contributed by atoms with van der Waals surface area (Å²) in [6.45, 7) is 1.83. The number of hydrogen-bond acceptors (Lipinski definition) is 6. The van der Waals surface area contributed by atoms with Gasteiger partial charge in [0.05, 0.1) is 17.8 Å². The zero-order valence-electron chi connectivity index (χ0n) is 16.3. The lowest BCUT2D eigenvalue weighted by Crippen LogP contribution is -2.20. The summed E-state index contributed by atoms with van der Waals surface area (Å²) in [7, 11) is 1.62. The van der Waals surface area contributed by atoms with Gasteiger partial charge in [-0.3, -0.25) is 15.1 Å². The second-order valence-corrected chi connectivity index (χ2v) is 7.79. The van der Waals surface area contributed by atoms with Crippen LogP contribution in [-0.4, -0.2) is 29.6 Å². The molecule has 0 spiro atoms. The number of pyridine rings is 1. The molecule has 2 aromatic heterocycles. The average Bonchev–Trinajstić information content (AvgIpc) is 3.21. The smallest absolute Gasteiger partial charge is 0.264 e. The van der Waals surface area contributed by atoms with Crippen LogP contribution < -0.4 is 14.8 Å². The fourth-order valence-corrected chi connectivity index (χ4v) is 3.95. The lowest BCUT2D eigenvalue weighted by atomic mass is 10.1. The summed E-state index contributed by atoms with van der Waals surface area (Å²) in [5.41, 5.74) is 3.33. The van der Waals surface area contributed by atoms with Crippen LogP contribution in [0.2, 0.25) is 5.02 Å². The van der Waals surface area contributed by atoms with E-state index in [1.165, 1.54) is 11.3 Å². The van der Waals surface area contributed by atoms with Gasteiger partial charge in [-0.2, -0.15) is 0 Å². The number of fused-ring (bicyclic) bond motifs is 1. The van der Waals surface area contributed by atoms with Crippen molar-refractivity contribution >= 4 is 44.9 Å². The van der Waals surface area contributed by atoms with Crippen LogP contribution >= 0.6 is 22.9 Å². The molecular weight excluding hydrogens is 422 g/mol. The van der Waals surface area contributed by atoms with Crippen LogP contribution in [0.15, 0.2) is 54.0 Å². The molecule has 152 valence electrons. The first-order valence-electron chi connectivity index (χ1n) is 9.11. The topological polar surface area (TPSA) is 73.3 Å². The number of hydrogen-bond donors (Lipinski definition) is 1. The van der Waals surface area contributed by atoms with Gasteiger partial charge in [-0.05, 0) is 43.3 Å². The molecule has 2 aromatic carbocycles. The molecule has 0 aliphatic carbocycles. The number of carbonyl (C=O) groups excluding carboxylic acids is 1. The van der Waals surface area contributed by atoms with E-state index in [1.54, 1.807) is 31.5 Å². The number of nitrogens with zero attached hydrogens (tertiary/aromatic N) is 2. The van der Waals surface area contributed by atoms with E-state index in [1.807, 2.05) is 36.6 Å². The maximum Gasteiger partial charge on any atom is 0.264 e. The second kappa shape index (κ2) is 8.69. The van der Waals surface area contributed by atoms with E-state index in [0.717, 1.165) is 28.0 Å². The molecule has 4 aromatic rings. The number of thiazole rings is 1. The van der Waals surface area contributed by atoms with Crippen LogP contribution in [0.1, 0.15) is 5.56 Å². The zero-order chi connectivity index (χ0) is 21.1. The molecule has 8 heteroatoms. The Labute approximate surface area is 182 Å². The predicted molar refractivity (Wildman–Crippen MR) is 120 cm³/mol. The van der Waals surface area contributed by atoms with Gasteiger partial charge < -0.3 is 9.47 Å². The number of nitrogens with one attached hydrogen (secondary N) is 1. The highest BCUT2D eigenvalue weighted by Gasteiger charge is 2.13. The van der Waals surface area contributed by atoms with E-state index in [0.29, 0.717) is 21.4 Å². The van der Waals surface area contributed by atoms with Crippen LogP contribution in [-0.2, 0) is 4.79 Å². The van der Waals surface area contributed by atoms with Crippen molar-refractivity contribution in [2.45, 2.75) is 6.92 Å². The van der Waals surface area contributed by atoms with Crippen LogP contribution in [0.5, 0.6) is 11.5 Å². The van der Waals surface area contributed by atoms with Crippen molar-refractivity contribution in [2.24, 2.45) is 0 Å². The number of aromatic nitrogens is 2. The number of benzene rings is 2. The van der Waals surface area contributed by atoms with Gasteiger partial charge in [0.1, 0.15) is 17.0 Å². The summed E-state index contributed by atoms with van der Waals surface area (Å²) in [5.74, 6) is 0.912. The fraction of sp³-hybridized carbons (Fsp3) is 0.136. The van der Waals surface area contributed by atoms with Gasteiger partial charge in [0.2, 0.25) is 0 Å². The van der Waals surface area contributed by atoms with Gasteiger partial charge in [0.15, 0.2) is 11.7 Å². The quantitative estimate of drug-likeness (QED) is 0.438. The highest BCUT2D eigenvalue weighted by Crippen LogP contribution is 2.33. The second-order valence-electron chi connectivity index (χ2n) is 6.52. The molecule has 6 nitrogen and oxygen atoms in total. The maximum atomic E-state index is 12.4. The zero-order valence-corrected chi connectivity index (χ0v) is 17.9. The first kappa shape index (κ1) is 20.1. The lowest BCUT2D eigenvalue weighted by molar-refractivity contribution is -0.118. The van der Waals surface area contributed by atoms with Gasteiger partial charge in [-0.25, -0.2) is 4.98 Å². The molecule has 0 saturated carbocycles. The Morgan fingerprint density at radius 1 is 1.20 bits per heavy atom. The number of rotatable bonds is 6. The molecule has 0 radical (unpaired) electrons. The van der Waals surface area contributed by atoms with Crippen LogP contribution in [0.4, 0.5) is 5.13 Å². The van der Waals surface area contributed by atoms with Gasteiger partial charge >= 0.3 is 0 Å². The van der Waals surface area contributed by atoms with Crippen molar-refractivity contribution in [1.82, 2.24) is 9.97 Å². The Bertz CT molecular complexity index is 1230. The third kappa shape index (κ3) is 4.22. The first-order valence-corrected chi connectivity index (χ1v) is 10.4. The monoisotopic (exact) mass is 439 g/mol. The van der Waals surface area contributed by atoms with E-state index in [4.69, 9.17) is 21.1 Å². The molecule has 0 atom stereocenters. The minimum Gasteiger partial charge on any atom is -0.496 e. The molecular formula is C22H18ClN3O3S. The maximum absolute atomic E-state index is 12.4. The highest BCUT2D eigenvalue weighted by molar-refractivity contribution is 7.14. The molecule has 1 amide bonds. The van der Waals surface area contributed by atoms with E-state index < -0.39 is 0 Å². The van der Waals surface area contributed by atoms with E-state index in [-0.39, 0.29) is 12.5 Å². The van der Waals surface area contributed by atoms with Crippen LogP contribution in [0.25, 0.3) is 22.2 Å². The number of carbonyl (C=O) groups is 1. The van der Waals surface area contributed by atoms with Gasteiger partial charge in [-0.15, -0.1) is 11.3 Å². The van der Waals surface area contributed by atoms with Crippen LogP contribution in [0, 0.1) is 6.92 Å². The van der Waals surface area contributed by atoms with Gasteiger partial charge in [-0.1, -0.05) is 23.2 Å². The third-order valence-electron chi connectivity index (χ3n) is 4.42. The Kier molecular flexibility index (Phi) is 5.83. The van der Waals surface area contributed by atoms with Crippen molar-refractivity contribution < 1.29 is 14.3 Å². The molecule has 4 rings (SSSR count). The van der Waals surface area contributed by atoms with Crippen LogP contribution in [0.3, 0.4) is 0 Å². The number of aryl methyl sites for hydroxylation is 1. The average molecular weight is 440 g/mol. The Morgan fingerprint density at radius 3 is 2.87 bits per heavy atom. The Hall–Kier alpha value is -3.16. The van der Waals surface area contributed by atoms with E-state index in [2.05, 4.69) is 15.3 Å². The summed E-state index contributed by atoms with van der Waals surface area (Å²) < 4.78 is 11.1. The summed E-state index contributed by atoms with van der Waals surface area (Å²) in [4.78, 5) is 21.2. The standard InChI is InChI=1S/C22H18ClN3O3S/c1-13-5-7-18(28-2)15(10-13)17-12-30-22(25-17)26-20(27)11-29-19-8-6-16(23)14-4-3-9-24-21(14)19/h3-10,12H,11H2,1-2H3,(H,25,26,27). The van der Waals surface area contributed by atoms with E-state index >= 15 is 0 Å². The molecule has 0 aliphatic rings. The minimum atomic E-state index is -0.314. The van der Waals surface area contributed by atoms with Crippen molar-refractivity contribution in [2.75, 3.05) is 19.0 Å². The molecule has 0 fully saturated rings. The molecule has 0 unspecified atom stereocenters. The molecule has 1 N–H and O–H groups in total. The molecule has 0 saturated heterocycles. The predicted octanol–water partition coefficient (Wildman–Crippen LogP) is 5.35. The fourth-order valence-electron chi connectivity index (χ4n) is 3.00. The Morgan fingerprint density at radius 2 is 2.03 bits per heavy atom. The van der Waals surface area contributed by atoms with Gasteiger partial charge in [0, 0.05) is 22.5 Å². The van der Waals surface area contributed by atoms with Gasteiger partial charge in [0.25, 0.3) is 5.91 Å². The molecule has 0 bridgehead atoms. The van der Waals surface area contributed by atoms with Crippen molar-refractivity contribution in [3.8, 4) is 22.8 Å². The summed E-state index contributed by atoms with van der Waals surface area (Å²) >= 11 is 7.53. The number of amides is 1. The SMILES string of the molecule is COc1ccc(C)cc1-c1csc(NC(=O)COc2ccc(Cl)c3cccnc23)n1. The van der Waals surface area contributed by atoms with Crippen molar-refractivity contribution in [1.29, 1.82) is 0 Å². The Balaban J connectivity index is 1.45. The summed E-state index contributed by atoms with van der Waals surface area (Å²) in [5, 5.41) is 6.49. The van der Waals surface area contributed by atoms with Crippen molar-refractivity contribution in [3.05, 3.63) is 64.6 Å².